The van der Waals surface area contributed by atoms with E-state index in [9.17, 15) is 0 Å². The minimum Gasteiger partial charge on any atom is -0.308 e. The van der Waals surface area contributed by atoms with Crippen molar-refractivity contribution in [2.45, 2.75) is 45.2 Å². The largest absolute Gasteiger partial charge is 0.308 e. The molecule has 1 aromatic heterocycles. The molecule has 0 aliphatic heterocycles. The standard InChI is InChI=1S/C15H27BrN4/c1-4-8-17-14(12-6-5-7-12)15-13(16)11-18-20(15)10-9-19(2)3/h11-12,14,17H,4-10H2,1-3H3. The second kappa shape index (κ2) is 7.57. The fraction of sp³-hybridized carbons (Fsp3) is 0.800. The molecule has 1 saturated carbocycles. The number of halogens is 1. The molecule has 20 heavy (non-hydrogen) atoms. The highest BCUT2D eigenvalue weighted by molar-refractivity contribution is 9.10. The molecule has 0 radical (unpaired) electrons. The van der Waals surface area contributed by atoms with E-state index in [1.165, 1.54) is 31.4 Å². The molecular formula is C15H27BrN4. The molecule has 1 aromatic rings. The van der Waals surface area contributed by atoms with Crippen molar-refractivity contribution in [2.24, 2.45) is 5.92 Å². The predicted octanol–water partition coefficient (Wildman–Crippen LogP) is 3.05. The monoisotopic (exact) mass is 342 g/mol. The molecule has 0 aromatic carbocycles. The molecule has 1 fully saturated rings. The summed E-state index contributed by atoms with van der Waals surface area (Å²) in [4.78, 5) is 2.21. The molecule has 0 bridgehead atoms. The van der Waals surface area contributed by atoms with E-state index in [-0.39, 0.29) is 0 Å². The Hall–Kier alpha value is -0.390. The lowest BCUT2D eigenvalue weighted by atomic mass is 9.78. The number of hydrogen-bond acceptors (Lipinski definition) is 3. The average Bonchev–Trinajstić information content (AvgIpc) is 2.71. The van der Waals surface area contributed by atoms with Crippen LogP contribution in [0, 0.1) is 5.92 Å². The van der Waals surface area contributed by atoms with Gasteiger partial charge in [-0.2, -0.15) is 5.10 Å². The second-order valence-corrected chi connectivity index (χ2v) is 6.88. The zero-order chi connectivity index (χ0) is 14.5. The van der Waals surface area contributed by atoms with Crippen LogP contribution in [0.2, 0.25) is 0 Å². The third kappa shape index (κ3) is 3.83. The molecule has 4 nitrogen and oxygen atoms in total. The van der Waals surface area contributed by atoms with E-state index in [0.717, 1.165) is 30.0 Å². The average molecular weight is 343 g/mol. The number of aromatic nitrogens is 2. The first-order valence-corrected chi connectivity index (χ1v) is 8.52. The van der Waals surface area contributed by atoms with Gasteiger partial charge in [0, 0.05) is 6.54 Å². The van der Waals surface area contributed by atoms with Crippen molar-refractivity contribution in [3.8, 4) is 0 Å². The number of hydrogen-bond donors (Lipinski definition) is 1. The number of nitrogens with one attached hydrogen (secondary N) is 1. The van der Waals surface area contributed by atoms with Crippen LogP contribution < -0.4 is 5.32 Å². The Labute approximate surface area is 131 Å². The zero-order valence-electron chi connectivity index (χ0n) is 12.9. The van der Waals surface area contributed by atoms with Crippen LogP contribution in [0.25, 0.3) is 0 Å². The van der Waals surface area contributed by atoms with Crippen LogP contribution in [0.4, 0.5) is 0 Å². The maximum absolute atomic E-state index is 4.56. The smallest absolute Gasteiger partial charge is 0.0699 e. The Bertz CT molecular complexity index is 412. The molecule has 1 aliphatic rings. The minimum atomic E-state index is 0.447. The maximum Gasteiger partial charge on any atom is 0.0699 e. The van der Waals surface area contributed by atoms with Gasteiger partial charge in [-0.15, -0.1) is 0 Å². The normalized spacial score (nSPS) is 17.4. The Morgan fingerprint density at radius 3 is 2.80 bits per heavy atom. The van der Waals surface area contributed by atoms with Crippen LogP contribution in [0.3, 0.4) is 0 Å². The summed E-state index contributed by atoms with van der Waals surface area (Å²) in [6, 6.07) is 0.447. The Kier molecular flexibility index (Phi) is 6.05. The van der Waals surface area contributed by atoms with Gasteiger partial charge in [0.05, 0.1) is 29.0 Å². The van der Waals surface area contributed by atoms with Gasteiger partial charge in [-0.25, -0.2) is 0 Å². The van der Waals surface area contributed by atoms with Crippen LogP contribution in [-0.2, 0) is 6.54 Å². The molecule has 114 valence electrons. The first-order chi connectivity index (χ1) is 9.63. The van der Waals surface area contributed by atoms with Crippen molar-refractivity contribution in [2.75, 3.05) is 27.2 Å². The van der Waals surface area contributed by atoms with E-state index in [4.69, 9.17) is 0 Å². The fourth-order valence-electron chi connectivity index (χ4n) is 2.71. The van der Waals surface area contributed by atoms with Gasteiger partial charge in [0.1, 0.15) is 0 Å². The van der Waals surface area contributed by atoms with E-state index in [1.807, 2.05) is 6.20 Å². The Morgan fingerprint density at radius 2 is 2.25 bits per heavy atom. The minimum absolute atomic E-state index is 0.447. The fourth-order valence-corrected chi connectivity index (χ4v) is 3.26. The molecular weight excluding hydrogens is 316 g/mol. The van der Waals surface area contributed by atoms with Gasteiger partial charge in [-0.05, 0) is 61.8 Å². The van der Waals surface area contributed by atoms with Crippen LogP contribution in [0.5, 0.6) is 0 Å². The van der Waals surface area contributed by atoms with Gasteiger partial charge < -0.3 is 10.2 Å². The van der Waals surface area contributed by atoms with Crippen molar-refractivity contribution in [3.63, 3.8) is 0 Å². The van der Waals surface area contributed by atoms with Gasteiger partial charge >= 0.3 is 0 Å². The molecule has 5 heteroatoms. The predicted molar refractivity (Wildman–Crippen MR) is 86.9 cm³/mol. The van der Waals surface area contributed by atoms with E-state index in [1.54, 1.807) is 0 Å². The molecule has 2 rings (SSSR count). The maximum atomic E-state index is 4.56. The van der Waals surface area contributed by atoms with Gasteiger partial charge in [-0.1, -0.05) is 13.3 Å². The summed E-state index contributed by atoms with van der Waals surface area (Å²) in [5, 5.41) is 8.30. The first kappa shape index (κ1) is 16.0. The van der Waals surface area contributed by atoms with E-state index in [0.29, 0.717) is 6.04 Å². The first-order valence-electron chi connectivity index (χ1n) is 7.72. The molecule has 0 spiro atoms. The summed E-state index contributed by atoms with van der Waals surface area (Å²) in [5.41, 5.74) is 1.34. The Balaban J connectivity index is 2.15. The quantitative estimate of drug-likeness (QED) is 0.788. The van der Waals surface area contributed by atoms with Crippen molar-refractivity contribution in [3.05, 3.63) is 16.4 Å². The van der Waals surface area contributed by atoms with Gasteiger partial charge in [0.2, 0.25) is 0 Å². The second-order valence-electron chi connectivity index (χ2n) is 6.03. The lowest BCUT2D eigenvalue weighted by Crippen LogP contribution is -2.35. The summed E-state index contributed by atoms with van der Waals surface area (Å²) in [6.45, 7) is 5.27. The highest BCUT2D eigenvalue weighted by Gasteiger charge is 2.31. The highest BCUT2D eigenvalue weighted by Crippen LogP contribution is 2.39. The van der Waals surface area contributed by atoms with Gasteiger partial charge in [0.25, 0.3) is 0 Å². The summed E-state index contributed by atoms with van der Waals surface area (Å²) < 4.78 is 3.33. The van der Waals surface area contributed by atoms with Crippen LogP contribution >= 0.6 is 15.9 Å². The zero-order valence-corrected chi connectivity index (χ0v) is 14.5. The van der Waals surface area contributed by atoms with Crippen molar-refractivity contribution < 1.29 is 0 Å². The summed E-state index contributed by atoms with van der Waals surface area (Å²) in [7, 11) is 4.22. The van der Waals surface area contributed by atoms with E-state index >= 15 is 0 Å². The lowest BCUT2D eigenvalue weighted by Gasteiger charge is -2.35. The lowest BCUT2D eigenvalue weighted by molar-refractivity contribution is 0.219. The highest BCUT2D eigenvalue weighted by atomic mass is 79.9. The third-order valence-corrected chi connectivity index (χ3v) is 4.73. The molecule has 1 heterocycles. The van der Waals surface area contributed by atoms with Crippen molar-refractivity contribution >= 4 is 15.9 Å². The molecule has 1 atom stereocenters. The molecule has 0 amide bonds. The van der Waals surface area contributed by atoms with Crippen molar-refractivity contribution in [1.82, 2.24) is 20.0 Å². The SMILES string of the molecule is CCCNC(c1c(Br)cnn1CCN(C)C)C1CCC1. The van der Waals surface area contributed by atoms with Crippen molar-refractivity contribution in [1.29, 1.82) is 0 Å². The number of rotatable bonds is 8. The van der Waals surface area contributed by atoms with Gasteiger partial charge in [0.15, 0.2) is 0 Å². The van der Waals surface area contributed by atoms with Crippen LogP contribution in [0.15, 0.2) is 10.7 Å². The summed E-state index contributed by atoms with van der Waals surface area (Å²) >= 11 is 3.70. The molecule has 1 aliphatic carbocycles. The van der Waals surface area contributed by atoms with Crippen LogP contribution in [0.1, 0.15) is 44.3 Å². The number of nitrogens with zero attached hydrogens (tertiary/aromatic N) is 3. The summed E-state index contributed by atoms with van der Waals surface area (Å²) in [6.07, 6.45) is 7.18. The molecule has 1 unspecified atom stereocenters. The van der Waals surface area contributed by atoms with E-state index < -0.39 is 0 Å². The van der Waals surface area contributed by atoms with E-state index in [2.05, 4.69) is 56.9 Å². The topological polar surface area (TPSA) is 33.1 Å². The Morgan fingerprint density at radius 1 is 1.50 bits per heavy atom. The molecule has 1 N–H and O–H groups in total. The number of likely N-dealkylation sites (N-methyl/N-ethyl adjacent to an activating group) is 1. The van der Waals surface area contributed by atoms with Crippen LogP contribution in [-0.4, -0.2) is 41.9 Å². The summed E-state index contributed by atoms with van der Waals surface area (Å²) in [5.74, 6) is 0.771. The molecule has 0 saturated heterocycles. The van der Waals surface area contributed by atoms with Gasteiger partial charge in [-0.3, -0.25) is 4.68 Å². The third-order valence-electron chi connectivity index (χ3n) is 4.12.